The van der Waals surface area contributed by atoms with E-state index in [0.717, 1.165) is 39.2 Å². The summed E-state index contributed by atoms with van der Waals surface area (Å²) in [5.74, 6) is 0.891. The van der Waals surface area contributed by atoms with Crippen LogP contribution >= 0.6 is 0 Å². The highest BCUT2D eigenvalue weighted by molar-refractivity contribution is 5.80. The lowest BCUT2D eigenvalue weighted by molar-refractivity contribution is 1.30. The molecule has 0 aliphatic carbocycles. The minimum atomic E-state index is 0.856. The van der Waals surface area contributed by atoms with Gasteiger partial charge >= 0.3 is 0 Å². The number of aromatic nitrogens is 2. The zero-order chi connectivity index (χ0) is 12.7. The number of fused-ring (bicyclic) bond motifs is 1. The van der Waals surface area contributed by atoms with Crippen LogP contribution in [0.5, 0.6) is 0 Å². The molecule has 3 nitrogen and oxygen atoms in total. The van der Waals surface area contributed by atoms with Crippen molar-refractivity contribution in [3.63, 3.8) is 0 Å². The predicted molar refractivity (Wildman–Crippen MR) is 75.4 cm³/mol. The highest BCUT2D eigenvalue weighted by Gasteiger charge is 2.07. The minimum absolute atomic E-state index is 0.856. The fourth-order valence-electron chi connectivity index (χ4n) is 2.20. The number of nitrogens with one attached hydrogen (secondary N) is 1. The van der Waals surface area contributed by atoms with E-state index in [1.54, 1.807) is 0 Å². The standard InChI is InChI=1S/C15H15N3/c1-9-7-11(8-10(2)14(9)16)15-17-12-5-3-4-6-13(12)18-15/h3-8H,16H2,1-2H3,(H,17,18). The molecule has 2 aromatic carbocycles. The molecule has 18 heavy (non-hydrogen) atoms. The number of hydrogen-bond acceptors (Lipinski definition) is 2. The lowest BCUT2D eigenvalue weighted by Gasteiger charge is -2.06. The van der Waals surface area contributed by atoms with Gasteiger partial charge in [-0.05, 0) is 49.2 Å². The number of nitrogens with zero attached hydrogens (tertiary/aromatic N) is 1. The molecule has 90 valence electrons. The molecule has 3 rings (SSSR count). The SMILES string of the molecule is Cc1cc(-c2nc3ccccc3[nH]2)cc(C)c1N. The second-order valence-electron chi connectivity index (χ2n) is 4.63. The van der Waals surface area contributed by atoms with Crippen molar-refractivity contribution in [1.82, 2.24) is 9.97 Å². The summed E-state index contributed by atoms with van der Waals surface area (Å²) in [4.78, 5) is 7.93. The monoisotopic (exact) mass is 237 g/mol. The van der Waals surface area contributed by atoms with Gasteiger partial charge in [0, 0.05) is 11.3 Å². The van der Waals surface area contributed by atoms with E-state index in [4.69, 9.17) is 5.73 Å². The van der Waals surface area contributed by atoms with Crippen molar-refractivity contribution < 1.29 is 0 Å². The molecule has 1 aromatic heterocycles. The molecule has 0 aliphatic heterocycles. The second-order valence-corrected chi connectivity index (χ2v) is 4.63. The van der Waals surface area contributed by atoms with Gasteiger partial charge in [-0.1, -0.05) is 12.1 Å². The summed E-state index contributed by atoms with van der Waals surface area (Å²) >= 11 is 0. The van der Waals surface area contributed by atoms with Gasteiger partial charge in [-0.3, -0.25) is 0 Å². The number of imidazole rings is 1. The van der Waals surface area contributed by atoms with Crippen molar-refractivity contribution >= 4 is 16.7 Å². The fraction of sp³-hybridized carbons (Fsp3) is 0.133. The molecule has 0 aliphatic rings. The number of nitrogens with two attached hydrogens (primary N) is 1. The first-order valence-electron chi connectivity index (χ1n) is 5.97. The maximum Gasteiger partial charge on any atom is 0.138 e. The van der Waals surface area contributed by atoms with Gasteiger partial charge < -0.3 is 10.7 Å². The van der Waals surface area contributed by atoms with E-state index >= 15 is 0 Å². The Kier molecular flexibility index (Phi) is 2.33. The van der Waals surface area contributed by atoms with Crippen LogP contribution in [0.25, 0.3) is 22.4 Å². The normalized spacial score (nSPS) is 11.0. The molecule has 0 atom stereocenters. The van der Waals surface area contributed by atoms with Crippen LogP contribution in [-0.4, -0.2) is 9.97 Å². The molecule has 3 N–H and O–H groups in total. The van der Waals surface area contributed by atoms with Crippen LogP contribution in [0.1, 0.15) is 11.1 Å². The first-order valence-corrected chi connectivity index (χ1v) is 5.97. The van der Waals surface area contributed by atoms with Gasteiger partial charge in [0.2, 0.25) is 0 Å². The third-order valence-electron chi connectivity index (χ3n) is 3.26. The molecule has 1 heterocycles. The van der Waals surface area contributed by atoms with Crippen molar-refractivity contribution in [3.05, 3.63) is 47.5 Å². The van der Waals surface area contributed by atoms with Crippen LogP contribution in [0, 0.1) is 13.8 Å². The molecule has 3 aromatic rings. The Morgan fingerprint density at radius 2 is 1.72 bits per heavy atom. The fourth-order valence-corrected chi connectivity index (χ4v) is 2.20. The Morgan fingerprint density at radius 1 is 1.06 bits per heavy atom. The first-order chi connectivity index (χ1) is 8.65. The van der Waals surface area contributed by atoms with Gasteiger partial charge in [0.05, 0.1) is 11.0 Å². The van der Waals surface area contributed by atoms with Gasteiger partial charge in [0.25, 0.3) is 0 Å². The van der Waals surface area contributed by atoms with Gasteiger partial charge in [-0.25, -0.2) is 4.98 Å². The quantitative estimate of drug-likeness (QED) is 0.637. The molecule has 0 unspecified atom stereocenters. The third kappa shape index (κ3) is 1.64. The number of benzene rings is 2. The lowest BCUT2D eigenvalue weighted by Crippen LogP contribution is -1.94. The maximum absolute atomic E-state index is 5.97. The van der Waals surface area contributed by atoms with Crippen LogP contribution in [0.2, 0.25) is 0 Å². The van der Waals surface area contributed by atoms with Gasteiger partial charge in [0.15, 0.2) is 0 Å². The predicted octanol–water partition coefficient (Wildman–Crippen LogP) is 3.43. The van der Waals surface area contributed by atoms with Crippen molar-refractivity contribution in [3.8, 4) is 11.4 Å². The van der Waals surface area contributed by atoms with Gasteiger partial charge in [0.1, 0.15) is 5.82 Å². The number of anilines is 1. The van der Waals surface area contributed by atoms with Crippen LogP contribution < -0.4 is 5.73 Å². The summed E-state index contributed by atoms with van der Waals surface area (Å²) in [6.07, 6.45) is 0. The molecule has 0 spiro atoms. The van der Waals surface area contributed by atoms with E-state index in [1.807, 2.05) is 38.1 Å². The zero-order valence-corrected chi connectivity index (χ0v) is 10.5. The molecule has 3 heteroatoms. The number of para-hydroxylation sites is 2. The number of aromatic amines is 1. The molecular formula is C15H15N3. The average molecular weight is 237 g/mol. The van der Waals surface area contributed by atoms with E-state index in [9.17, 15) is 0 Å². The first kappa shape index (κ1) is 10.8. The summed E-state index contributed by atoms with van der Waals surface area (Å²) in [6.45, 7) is 4.04. The molecule has 0 saturated heterocycles. The molecule has 0 saturated carbocycles. The zero-order valence-electron chi connectivity index (χ0n) is 10.5. The maximum atomic E-state index is 5.97. The Bertz CT molecular complexity index is 669. The Balaban J connectivity index is 2.20. The van der Waals surface area contributed by atoms with Crippen molar-refractivity contribution in [1.29, 1.82) is 0 Å². The van der Waals surface area contributed by atoms with Crippen molar-refractivity contribution in [2.75, 3.05) is 5.73 Å². The molecule has 0 bridgehead atoms. The van der Waals surface area contributed by atoms with E-state index in [-0.39, 0.29) is 0 Å². The van der Waals surface area contributed by atoms with Gasteiger partial charge in [-0.2, -0.15) is 0 Å². The van der Waals surface area contributed by atoms with E-state index < -0.39 is 0 Å². The highest BCUT2D eigenvalue weighted by atomic mass is 14.9. The van der Waals surface area contributed by atoms with E-state index in [1.165, 1.54) is 0 Å². The van der Waals surface area contributed by atoms with Crippen LogP contribution in [-0.2, 0) is 0 Å². The lowest BCUT2D eigenvalue weighted by atomic mass is 10.0. The Labute approximate surface area is 106 Å². The number of hydrogen-bond donors (Lipinski definition) is 2. The number of H-pyrrole nitrogens is 1. The molecule has 0 fully saturated rings. The summed E-state index contributed by atoms with van der Waals surface area (Å²) in [5, 5.41) is 0. The van der Waals surface area contributed by atoms with Gasteiger partial charge in [-0.15, -0.1) is 0 Å². The van der Waals surface area contributed by atoms with Crippen molar-refractivity contribution in [2.24, 2.45) is 0 Å². The summed E-state index contributed by atoms with van der Waals surface area (Å²) < 4.78 is 0. The largest absolute Gasteiger partial charge is 0.398 e. The smallest absolute Gasteiger partial charge is 0.138 e. The second kappa shape index (κ2) is 3.88. The van der Waals surface area contributed by atoms with Crippen molar-refractivity contribution in [2.45, 2.75) is 13.8 Å². The number of rotatable bonds is 1. The molecular weight excluding hydrogens is 222 g/mol. The minimum Gasteiger partial charge on any atom is -0.398 e. The summed E-state index contributed by atoms with van der Waals surface area (Å²) in [5.41, 5.74) is 12.1. The molecule has 0 radical (unpaired) electrons. The number of aryl methyl sites for hydroxylation is 2. The Morgan fingerprint density at radius 3 is 2.39 bits per heavy atom. The Hall–Kier alpha value is -2.29. The summed E-state index contributed by atoms with van der Waals surface area (Å²) in [7, 11) is 0. The van der Waals surface area contributed by atoms with Crippen LogP contribution in [0.3, 0.4) is 0 Å². The molecule has 0 amide bonds. The highest BCUT2D eigenvalue weighted by Crippen LogP contribution is 2.26. The van der Waals surface area contributed by atoms with E-state index in [0.29, 0.717) is 0 Å². The third-order valence-corrected chi connectivity index (χ3v) is 3.26. The van der Waals surface area contributed by atoms with E-state index in [2.05, 4.69) is 22.1 Å². The average Bonchev–Trinajstić information content (AvgIpc) is 2.79. The van der Waals surface area contributed by atoms with Crippen LogP contribution in [0.15, 0.2) is 36.4 Å². The van der Waals surface area contributed by atoms with Crippen LogP contribution in [0.4, 0.5) is 5.69 Å². The topological polar surface area (TPSA) is 54.7 Å². The summed E-state index contributed by atoms with van der Waals surface area (Å²) in [6, 6.07) is 12.2. The number of nitrogen functional groups attached to an aromatic ring is 1.